The Morgan fingerprint density at radius 2 is 1.69 bits per heavy atom. The lowest BCUT2D eigenvalue weighted by Gasteiger charge is -2.10. The van der Waals surface area contributed by atoms with Crippen LogP contribution in [0.5, 0.6) is 0 Å². The molecular weight excluding hydrogens is 338 g/mol. The molecule has 0 fully saturated rings. The number of amides is 1. The minimum Gasteiger partial charge on any atom is -0.280 e. The molecule has 0 aliphatic heterocycles. The number of pyridine rings is 1. The summed E-state index contributed by atoms with van der Waals surface area (Å²) in [7, 11) is 2.88. The van der Waals surface area contributed by atoms with Gasteiger partial charge in [-0.05, 0) is 26.0 Å². The minimum atomic E-state index is -0.518. The number of hydrogen-bond acceptors (Lipinski definition) is 7. The number of rotatable bonds is 3. The van der Waals surface area contributed by atoms with Gasteiger partial charge in [-0.15, -0.1) is 0 Å². The largest absolute Gasteiger partial charge is 0.332 e. The number of anilines is 1. The van der Waals surface area contributed by atoms with Crippen LogP contribution in [0.3, 0.4) is 0 Å². The van der Waals surface area contributed by atoms with Crippen LogP contribution in [0.25, 0.3) is 11.0 Å². The number of fused-ring (bicyclic) bond motifs is 1. The van der Waals surface area contributed by atoms with Gasteiger partial charge >= 0.3 is 5.69 Å². The first kappa shape index (κ1) is 17.3. The lowest BCUT2D eigenvalue weighted by Crippen LogP contribution is -2.37. The van der Waals surface area contributed by atoms with Gasteiger partial charge in [0.05, 0.1) is 10.9 Å². The summed E-state index contributed by atoms with van der Waals surface area (Å²) in [6.07, 6.45) is 1.29. The molecule has 3 aromatic rings. The van der Waals surface area contributed by atoms with Crippen molar-refractivity contribution in [2.75, 3.05) is 5.43 Å². The van der Waals surface area contributed by atoms with Crippen LogP contribution in [0, 0.1) is 13.8 Å². The molecule has 2 N–H and O–H groups in total. The van der Waals surface area contributed by atoms with E-state index in [-0.39, 0.29) is 22.5 Å². The molecule has 0 bridgehead atoms. The number of carbonyl (C=O) groups excluding carboxylic acids is 1. The molecule has 0 spiro atoms. The van der Waals surface area contributed by atoms with Crippen molar-refractivity contribution in [2.45, 2.75) is 13.8 Å². The molecule has 10 heteroatoms. The summed E-state index contributed by atoms with van der Waals surface area (Å²) in [5.41, 5.74) is 5.97. The zero-order valence-corrected chi connectivity index (χ0v) is 14.7. The lowest BCUT2D eigenvalue weighted by atomic mass is 10.2. The van der Waals surface area contributed by atoms with Crippen LogP contribution >= 0.6 is 0 Å². The third-order valence-corrected chi connectivity index (χ3v) is 3.83. The molecule has 1 amide bonds. The number of hydrazine groups is 1. The van der Waals surface area contributed by atoms with Crippen LogP contribution in [-0.2, 0) is 14.1 Å². The quantitative estimate of drug-likeness (QED) is 0.623. The van der Waals surface area contributed by atoms with E-state index in [1.165, 1.54) is 30.9 Å². The molecule has 26 heavy (non-hydrogen) atoms. The average Bonchev–Trinajstić information content (AvgIpc) is 2.61. The maximum Gasteiger partial charge on any atom is 0.332 e. The molecule has 0 atom stereocenters. The van der Waals surface area contributed by atoms with Gasteiger partial charge in [-0.1, -0.05) is 0 Å². The van der Waals surface area contributed by atoms with E-state index in [0.717, 1.165) is 16.0 Å². The van der Waals surface area contributed by atoms with E-state index in [0.29, 0.717) is 0 Å². The van der Waals surface area contributed by atoms with Crippen molar-refractivity contribution >= 4 is 22.9 Å². The second-order valence-corrected chi connectivity index (χ2v) is 5.85. The Morgan fingerprint density at radius 1 is 1.04 bits per heavy atom. The Kier molecular flexibility index (Phi) is 4.24. The minimum absolute atomic E-state index is 0.158. The predicted molar refractivity (Wildman–Crippen MR) is 94.8 cm³/mol. The van der Waals surface area contributed by atoms with E-state index < -0.39 is 17.2 Å². The molecular formula is C16H17N7O3. The molecule has 3 heterocycles. The van der Waals surface area contributed by atoms with E-state index in [1.54, 1.807) is 6.07 Å². The highest BCUT2D eigenvalue weighted by Crippen LogP contribution is 2.08. The van der Waals surface area contributed by atoms with Gasteiger partial charge in [0, 0.05) is 31.7 Å². The van der Waals surface area contributed by atoms with Crippen LogP contribution in [0.2, 0.25) is 0 Å². The summed E-state index contributed by atoms with van der Waals surface area (Å²) in [5.74, 6) is -0.263. The van der Waals surface area contributed by atoms with E-state index in [4.69, 9.17) is 0 Å². The fourth-order valence-corrected chi connectivity index (χ4v) is 2.56. The van der Waals surface area contributed by atoms with Gasteiger partial charge in [-0.25, -0.2) is 19.7 Å². The van der Waals surface area contributed by atoms with Crippen molar-refractivity contribution in [1.82, 2.24) is 29.5 Å². The molecule has 0 radical (unpaired) electrons. The highest BCUT2D eigenvalue weighted by atomic mass is 16.2. The third-order valence-electron chi connectivity index (χ3n) is 3.83. The van der Waals surface area contributed by atoms with Crippen molar-refractivity contribution < 1.29 is 4.79 Å². The zero-order chi connectivity index (χ0) is 19.0. The highest BCUT2D eigenvalue weighted by Gasteiger charge is 2.13. The molecule has 0 unspecified atom stereocenters. The normalized spacial score (nSPS) is 10.8. The maximum atomic E-state index is 12.3. The number of aryl methyl sites for hydroxylation is 3. The molecule has 0 aliphatic carbocycles. The smallest absolute Gasteiger partial charge is 0.280 e. The maximum absolute atomic E-state index is 12.3. The Morgan fingerprint density at radius 3 is 2.35 bits per heavy atom. The van der Waals surface area contributed by atoms with Crippen molar-refractivity contribution in [1.29, 1.82) is 0 Å². The van der Waals surface area contributed by atoms with Gasteiger partial charge in [-0.2, -0.15) is 0 Å². The van der Waals surface area contributed by atoms with E-state index in [9.17, 15) is 14.4 Å². The number of nitrogens with one attached hydrogen (secondary N) is 2. The van der Waals surface area contributed by atoms with E-state index in [2.05, 4.69) is 25.8 Å². The second-order valence-electron chi connectivity index (χ2n) is 5.85. The molecule has 0 aromatic carbocycles. The lowest BCUT2D eigenvalue weighted by molar-refractivity contribution is 0.0962. The Labute approximate surface area is 147 Å². The van der Waals surface area contributed by atoms with Crippen LogP contribution < -0.4 is 22.1 Å². The monoisotopic (exact) mass is 355 g/mol. The van der Waals surface area contributed by atoms with Gasteiger partial charge in [0.2, 0.25) is 5.95 Å². The standard InChI is InChI=1S/C16H17N7O3/c1-8-5-9(2)19-15(18-8)21-20-13(24)10-6-11-12(17-7-10)22(3)16(26)23(4)14(11)25/h5-7H,1-4H3,(H,20,24)(H,18,19,21). The predicted octanol–water partition coefficient (Wildman–Crippen LogP) is -0.204. The van der Waals surface area contributed by atoms with Crippen molar-refractivity contribution in [3.63, 3.8) is 0 Å². The van der Waals surface area contributed by atoms with Gasteiger partial charge in [0.25, 0.3) is 11.5 Å². The number of hydrogen-bond donors (Lipinski definition) is 2. The fourth-order valence-electron chi connectivity index (χ4n) is 2.56. The third kappa shape index (κ3) is 3.04. The molecule has 3 aromatic heterocycles. The van der Waals surface area contributed by atoms with Crippen LogP contribution in [0.15, 0.2) is 27.9 Å². The molecule has 10 nitrogen and oxygen atoms in total. The van der Waals surface area contributed by atoms with Gasteiger partial charge in [-0.3, -0.25) is 29.6 Å². The van der Waals surface area contributed by atoms with Crippen LogP contribution in [-0.4, -0.2) is 30.0 Å². The molecule has 3 rings (SSSR count). The first-order valence-electron chi connectivity index (χ1n) is 7.72. The number of aromatic nitrogens is 5. The summed E-state index contributed by atoms with van der Waals surface area (Å²) in [6.45, 7) is 3.63. The van der Waals surface area contributed by atoms with Gasteiger partial charge in [0.15, 0.2) is 0 Å². The second kappa shape index (κ2) is 6.39. The SMILES string of the molecule is Cc1cc(C)nc(NNC(=O)c2cnc3c(c2)c(=O)n(C)c(=O)n3C)n1. The highest BCUT2D eigenvalue weighted by molar-refractivity contribution is 5.97. The first-order chi connectivity index (χ1) is 12.3. The Hall–Kier alpha value is -3.56. The van der Waals surface area contributed by atoms with Crippen molar-refractivity contribution in [2.24, 2.45) is 14.1 Å². The van der Waals surface area contributed by atoms with Crippen LogP contribution in [0.1, 0.15) is 21.7 Å². The first-order valence-corrected chi connectivity index (χ1v) is 7.72. The topological polar surface area (TPSA) is 124 Å². The van der Waals surface area contributed by atoms with Crippen LogP contribution in [0.4, 0.5) is 5.95 Å². The van der Waals surface area contributed by atoms with Gasteiger partial charge < -0.3 is 0 Å². The van der Waals surface area contributed by atoms with Gasteiger partial charge in [0.1, 0.15) is 5.65 Å². The Balaban J connectivity index is 1.91. The molecule has 0 saturated carbocycles. The summed E-state index contributed by atoms with van der Waals surface area (Å²) in [4.78, 5) is 48.9. The summed E-state index contributed by atoms with van der Waals surface area (Å²) in [5, 5.41) is 0.171. The number of nitrogens with zero attached hydrogens (tertiary/aromatic N) is 5. The molecule has 0 aliphatic rings. The molecule has 134 valence electrons. The van der Waals surface area contributed by atoms with Crippen molar-refractivity contribution in [3.8, 4) is 0 Å². The van der Waals surface area contributed by atoms with E-state index in [1.807, 2.05) is 13.8 Å². The zero-order valence-electron chi connectivity index (χ0n) is 14.7. The fraction of sp³-hybridized carbons (Fsp3) is 0.250. The number of carbonyl (C=O) groups is 1. The summed E-state index contributed by atoms with van der Waals surface area (Å²) >= 11 is 0. The Bertz CT molecular complexity index is 1130. The molecule has 0 saturated heterocycles. The van der Waals surface area contributed by atoms with E-state index >= 15 is 0 Å². The van der Waals surface area contributed by atoms with Crippen molar-refractivity contribution in [3.05, 3.63) is 56.1 Å². The summed E-state index contributed by atoms with van der Waals surface area (Å²) < 4.78 is 2.22. The average molecular weight is 355 g/mol. The summed E-state index contributed by atoms with van der Waals surface area (Å²) in [6, 6.07) is 3.20.